The predicted molar refractivity (Wildman–Crippen MR) is 104 cm³/mol. The molecule has 1 amide bonds. The fourth-order valence-corrected chi connectivity index (χ4v) is 2.70. The summed E-state index contributed by atoms with van der Waals surface area (Å²) in [5, 5.41) is 2.96. The number of carbonyl (C=O) groups excluding carboxylic acids is 1. The predicted octanol–water partition coefficient (Wildman–Crippen LogP) is 5.03. The van der Waals surface area contributed by atoms with Crippen LogP contribution in [0.2, 0.25) is 0 Å². The highest BCUT2D eigenvalue weighted by molar-refractivity contribution is 5.91. The van der Waals surface area contributed by atoms with Crippen molar-refractivity contribution in [3.05, 3.63) is 90.5 Å². The van der Waals surface area contributed by atoms with Crippen LogP contribution >= 0.6 is 0 Å². The normalized spacial score (nSPS) is 10.3. The van der Waals surface area contributed by atoms with E-state index in [4.69, 9.17) is 0 Å². The number of aryl methyl sites for hydroxylation is 1. The number of amides is 1. The average Bonchev–Trinajstić information content (AvgIpc) is 2.68. The molecule has 0 aliphatic heterocycles. The molecule has 3 aromatic rings. The molecule has 25 heavy (non-hydrogen) atoms. The molecule has 0 radical (unpaired) electrons. The second kappa shape index (κ2) is 8.15. The maximum absolute atomic E-state index is 12.1. The third-order valence-corrected chi connectivity index (χ3v) is 4.17. The summed E-state index contributed by atoms with van der Waals surface area (Å²) in [4.78, 5) is 14.2. The SMILES string of the molecule is CN(c1ccccc1)c1ccc(NC(=O)CCc2ccccc2)cc1. The Bertz CT molecular complexity index is 798. The first-order chi connectivity index (χ1) is 12.2. The fourth-order valence-electron chi connectivity index (χ4n) is 2.70. The molecule has 0 spiro atoms. The van der Waals surface area contributed by atoms with Crippen LogP contribution in [0, 0.1) is 0 Å². The maximum atomic E-state index is 12.1. The summed E-state index contributed by atoms with van der Waals surface area (Å²) in [6.45, 7) is 0. The molecule has 0 fully saturated rings. The molecular formula is C22H22N2O. The van der Waals surface area contributed by atoms with Gasteiger partial charge in [0.2, 0.25) is 5.91 Å². The van der Waals surface area contributed by atoms with Gasteiger partial charge in [0.25, 0.3) is 0 Å². The van der Waals surface area contributed by atoms with Crippen molar-refractivity contribution in [3.8, 4) is 0 Å². The number of anilines is 3. The van der Waals surface area contributed by atoms with Crippen molar-refractivity contribution >= 4 is 23.0 Å². The Kier molecular flexibility index (Phi) is 5.47. The van der Waals surface area contributed by atoms with Crippen molar-refractivity contribution in [2.75, 3.05) is 17.3 Å². The molecule has 126 valence electrons. The quantitative estimate of drug-likeness (QED) is 0.688. The van der Waals surface area contributed by atoms with Crippen molar-refractivity contribution in [3.63, 3.8) is 0 Å². The van der Waals surface area contributed by atoms with Gasteiger partial charge in [-0.3, -0.25) is 4.79 Å². The first-order valence-corrected chi connectivity index (χ1v) is 8.45. The molecule has 0 bridgehead atoms. The van der Waals surface area contributed by atoms with E-state index in [9.17, 15) is 4.79 Å². The third kappa shape index (κ3) is 4.70. The fraction of sp³-hybridized carbons (Fsp3) is 0.136. The van der Waals surface area contributed by atoms with Crippen LogP contribution in [-0.4, -0.2) is 13.0 Å². The summed E-state index contributed by atoms with van der Waals surface area (Å²) in [6, 6.07) is 28.2. The van der Waals surface area contributed by atoms with Crippen LogP contribution in [0.1, 0.15) is 12.0 Å². The molecule has 3 nitrogen and oxygen atoms in total. The van der Waals surface area contributed by atoms with Crippen LogP contribution in [0.4, 0.5) is 17.1 Å². The zero-order chi connectivity index (χ0) is 17.5. The molecule has 1 N–H and O–H groups in total. The molecule has 3 heteroatoms. The Morgan fingerprint density at radius 1 is 0.800 bits per heavy atom. The summed E-state index contributed by atoms with van der Waals surface area (Å²) in [6.07, 6.45) is 1.23. The number of para-hydroxylation sites is 1. The van der Waals surface area contributed by atoms with Gasteiger partial charge >= 0.3 is 0 Å². The standard InChI is InChI=1S/C22H22N2O/c1-24(20-10-6-3-7-11-20)21-15-13-19(14-16-21)23-22(25)17-12-18-8-4-2-5-9-18/h2-11,13-16H,12,17H2,1H3,(H,23,25). The molecule has 0 heterocycles. The summed E-state index contributed by atoms with van der Waals surface area (Å²) >= 11 is 0. The van der Waals surface area contributed by atoms with Gasteiger partial charge < -0.3 is 10.2 Å². The molecule has 0 unspecified atom stereocenters. The van der Waals surface area contributed by atoms with Gasteiger partial charge in [0.05, 0.1) is 0 Å². The monoisotopic (exact) mass is 330 g/mol. The summed E-state index contributed by atoms with van der Waals surface area (Å²) in [5.74, 6) is 0.0352. The maximum Gasteiger partial charge on any atom is 0.224 e. The van der Waals surface area contributed by atoms with E-state index in [0.29, 0.717) is 6.42 Å². The van der Waals surface area contributed by atoms with Crippen LogP contribution in [0.5, 0.6) is 0 Å². The lowest BCUT2D eigenvalue weighted by atomic mass is 10.1. The van der Waals surface area contributed by atoms with Gasteiger partial charge in [0.15, 0.2) is 0 Å². The second-order valence-electron chi connectivity index (χ2n) is 5.98. The molecule has 0 aliphatic rings. The smallest absolute Gasteiger partial charge is 0.224 e. The minimum atomic E-state index is 0.0352. The highest BCUT2D eigenvalue weighted by Gasteiger charge is 2.06. The topological polar surface area (TPSA) is 32.3 Å². The Hall–Kier alpha value is -3.07. The van der Waals surface area contributed by atoms with Crippen LogP contribution in [0.3, 0.4) is 0 Å². The van der Waals surface area contributed by atoms with Crippen molar-refractivity contribution in [1.29, 1.82) is 0 Å². The van der Waals surface area contributed by atoms with Gasteiger partial charge in [-0.15, -0.1) is 0 Å². The first kappa shape index (κ1) is 16.8. The molecule has 0 aliphatic carbocycles. The molecule has 3 rings (SSSR count). The lowest BCUT2D eigenvalue weighted by molar-refractivity contribution is -0.116. The van der Waals surface area contributed by atoms with Gasteiger partial charge in [-0.1, -0.05) is 48.5 Å². The van der Waals surface area contributed by atoms with E-state index in [0.717, 1.165) is 23.5 Å². The van der Waals surface area contributed by atoms with E-state index in [1.807, 2.05) is 79.8 Å². The van der Waals surface area contributed by atoms with Gasteiger partial charge in [0, 0.05) is 30.5 Å². The number of benzene rings is 3. The highest BCUT2D eigenvalue weighted by Crippen LogP contribution is 2.24. The summed E-state index contributed by atoms with van der Waals surface area (Å²) in [5.41, 5.74) is 4.20. The Balaban J connectivity index is 1.56. The summed E-state index contributed by atoms with van der Waals surface area (Å²) in [7, 11) is 2.03. The van der Waals surface area contributed by atoms with E-state index in [1.54, 1.807) is 0 Å². The van der Waals surface area contributed by atoms with E-state index in [1.165, 1.54) is 5.56 Å². The van der Waals surface area contributed by atoms with E-state index < -0.39 is 0 Å². The van der Waals surface area contributed by atoms with Gasteiger partial charge in [-0.05, 0) is 48.4 Å². The van der Waals surface area contributed by atoms with Crippen LogP contribution in [0.15, 0.2) is 84.9 Å². The zero-order valence-corrected chi connectivity index (χ0v) is 14.4. The molecule has 0 saturated heterocycles. The first-order valence-electron chi connectivity index (χ1n) is 8.45. The molecule has 0 atom stereocenters. The third-order valence-electron chi connectivity index (χ3n) is 4.17. The minimum absolute atomic E-state index is 0.0352. The van der Waals surface area contributed by atoms with Crippen molar-refractivity contribution in [2.24, 2.45) is 0 Å². The van der Waals surface area contributed by atoms with E-state index in [2.05, 4.69) is 22.3 Å². The average molecular weight is 330 g/mol. The zero-order valence-electron chi connectivity index (χ0n) is 14.4. The van der Waals surface area contributed by atoms with Crippen LogP contribution in [0.25, 0.3) is 0 Å². The van der Waals surface area contributed by atoms with Gasteiger partial charge in [-0.2, -0.15) is 0 Å². The minimum Gasteiger partial charge on any atom is -0.345 e. The molecule has 0 aromatic heterocycles. The largest absolute Gasteiger partial charge is 0.345 e. The number of rotatable bonds is 6. The number of nitrogens with one attached hydrogen (secondary N) is 1. The van der Waals surface area contributed by atoms with Crippen molar-refractivity contribution in [2.45, 2.75) is 12.8 Å². The molecule has 3 aromatic carbocycles. The number of nitrogens with zero attached hydrogens (tertiary/aromatic N) is 1. The Morgan fingerprint density at radius 2 is 1.36 bits per heavy atom. The number of hydrogen-bond acceptors (Lipinski definition) is 2. The lowest BCUT2D eigenvalue weighted by Gasteiger charge is -2.19. The van der Waals surface area contributed by atoms with Gasteiger partial charge in [0.1, 0.15) is 0 Å². The van der Waals surface area contributed by atoms with Crippen molar-refractivity contribution in [1.82, 2.24) is 0 Å². The Morgan fingerprint density at radius 3 is 2.00 bits per heavy atom. The number of hydrogen-bond donors (Lipinski definition) is 1. The lowest BCUT2D eigenvalue weighted by Crippen LogP contribution is -2.13. The van der Waals surface area contributed by atoms with Crippen LogP contribution < -0.4 is 10.2 Å². The van der Waals surface area contributed by atoms with E-state index >= 15 is 0 Å². The highest BCUT2D eigenvalue weighted by atomic mass is 16.1. The summed E-state index contributed by atoms with van der Waals surface area (Å²) < 4.78 is 0. The van der Waals surface area contributed by atoms with Crippen molar-refractivity contribution < 1.29 is 4.79 Å². The van der Waals surface area contributed by atoms with E-state index in [-0.39, 0.29) is 5.91 Å². The molecule has 0 saturated carbocycles. The number of carbonyl (C=O) groups is 1. The molecular weight excluding hydrogens is 308 g/mol. The second-order valence-corrected chi connectivity index (χ2v) is 5.98. The van der Waals surface area contributed by atoms with Gasteiger partial charge in [-0.25, -0.2) is 0 Å². The Labute approximate surface area is 148 Å². The van der Waals surface area contributed by atoms with Crippen LogP contribution in [-0.2, 0) is 11.2 Å².